The number of imidazole rings is 1. The van der Waals surface area contributed by atoms with Crippen molar-refractivity contribution in [2.75, 3.05) is 0 Å². The van der Waals surface area contributed by atoms with E-state index in [1.54, 1.807) is 17.2 Å². The second-order valence-electron chi connectivity index (χ2n) is 9.07. The molecule has 0 radical (unpaired) electrons. The lowest BCUT2D eigenvalue weighted by atomic mass is 9.58. The number of benzene rings is 1. The Hall–Kier alpha value is -3.22. The fourth-order valence-corrected chi connectivity index (χ4v) is 5.29. The smallest absolute Gasteiger partial charge is 0.281 e. The van der Waals surface area contributed by atoms with E-state index in [-0.39, 0.29) is 11.0 Å². The van der Waals surface area contributed by atoms with Gasteiger partial charge in [-0.3, -0.25) is 9.36 Å². The lowest BCUT2D eigenvalue weighted by Gasteiger charge is -2.46. The molecule has 0 unspecified atom stereocenters. The molecule has 3 aromatic heterocycles. The Morgan fingerprint density at radius 2 is 2.07 bits per heavy atom. The molecule has 6 rings (SSSR count). The Kier molecular flexibility index (Phi) is 3.61. The zero-order chi connectivity index (χ0) is 20.5. The summed E-state index contributed by atoms with van der Waals surface area (Å²) in [5, 5.41) is 8.58. The third-order valence-corrected chi connectivity index (χ3v) is 6.84. The molecule has 7 nitrogen and oxygen atoms in total. The highest BCUT2D eigenvalue weighted by molar-refractivity contribution is 5.78. The first-order valence-corrected chi connectivity index (χ1v) is 10.6. The molecule has 0 bridgehead atoms. The molecule has 0 amide bonds. The van der Waals surface area contributed by atoms with Gasteiger partial charge in [0.05, 0.1) is 17.3 Å². The summed E-state index contributed by atoms with van der Waals surface area (Å²) < 4.78 is 3.80. The molecule has 7 heteroatoms. The number of aromatic nitrogens is 6. The number of aromatic amines is 1. The topological polar surface area (TPSA) is 81.4 Å². The lowest BCUT2D eigenvalue weighted by molar-refractivity contribution is 0.185. The van der Waals surface area contributed by atoms with Gasteiger partial charge in [-0.05, 0) is 60.8 Å². The average molecular weight is 400 g/mol. The van der Waals surface area contributed by atoms with E-state index < -0.39 is 0 Å². The molecule has 2 saturated carbocycles. The number of rotatable bonds is 4. The van der Waals surface area contributed by atoms with Gasteiger partial charge in [-0.15, -0.1) is 10.2 Å². The molecule has 2 fully saturated rings. The van der Waals surface area contributed by atoms with E-state index in [9.17, 15) is 4.79 Å². The van der Waals surface area contributed by atoms with Crippen molar-refractivity contribution in [2.45, 2.75) is 43.9 Å². The summed E-state index contributed by atoms with van der Waals surface area (Å²) in [5.41, 5.74) is 4.44. The molecule has 0 aliphatic heterocycles. The van der Waals surface area contributed by atoms with Crippen molar-refractivity contribution >= 4 is 11.0 Å². The van der Waals surface area contributed by atoms with Crippen LogP contribution >= 0.6 is 0 Å². The summed E-state index contributed by atoms with van der Waals surface area (Å²) in [7, 11) is 2.00. The van der Waals surface area contributed by atoms with Crippen molar-refractivity contribution in [1.29, 1.82) is 0 Å². The van der Waals surface area contributed by atoms with Gasteiger partial charge in [0, 0.05) is 18.9 Å². The molecular formula is C23H24N6O. The number of aryl methyl sites for hydroxylation is 1. The van der Waals surface area contributed by atoms with Crippen LogP contribution in [-0.4, -0.2) is 29.3 Å². The van der Waals surface area contributed by atoms with Crippen molar-refractivity contribution in [2.24, 2.45) is 13.0 Å². The molecule has 1 N–H and O–H groups in total. The number of H-pyrrole nitrogens is 1. The minimum atomic E-state index is -0.151. The monoisotopic (exact) mass is 400 g/mol. The Balaban J connectivity index is 1.52. The highest BCUT2D eigenvalue weighted by atomic mass is 16.1. The van der Waals surface area contributed by atoms with E-state index in [0.29, 0.717) is 17.4 Å². The van der Waals surface area contributed by atoms with Crippen molar-refractivity contribution in [3.63, 3.8) is 0 Å². The fourth-order valence-electron chi connectivity index (χ4n) is 5.29. The highest BCUT2D eigenvalue weighted by Gasteiger charge is 2.48. The average Bonchev–Trinajstić information content (AvgIpc) is 3.27. The van der Waals surface area contributed by atoms with Crippen molar-refractivity contribution in [1.82, 2.24) is 29.3 Å². The number of nitrogens with one attached hydrogen (secondary N) is 1. The molecule has 0 saturated heterocycles. The Bertz CT molecular complexity index is 1320. The highest BCUT2D eigenvalue weighted by Crippen LogP contribution is 2.51. The quantitative estimate of drug-likeness (QED) is 0.569. The zero-order valence-electron chi connectivity index (χ0n) is 17.2. The van der Waals surface area contributed by atoms with Gasteiger partial charge >= 0.3 is 0 Å². The Morgan fingerprint density at radius 1 is 1.23 bits per heavy atom. The molecule has 4 aromatic rings. The first kappa shape index (κ1) is 17.6. The largest absolute Gasteiger partial charge is 0.340 e. The molecule has 3 heterocycles. The zero-order valence-corrected chi connectivity index (χ0v) is 17.2. The normalized spacial score (nSPS) is 23.6. The number of pyridine rings is 1. The van der Waals surface area contributed by atoms with E-state index >= 15 is 0 Å². The number of nitrogens with zero attached hydrogens (tertiary/aromatic N) is 5. The van der Waals surface area contributed by atoms with E-state index in [0.717, 1.165) is 48.3 Å². The van der Waals surface area contributed by atoms with Gasteiger partial charge in [0.25, 0.3) is 5.56 Å². The van der Waals surface area contributed by atoms with Crippen LogP contribution in [0.4, 0.5) is 0 Å². The molecule has 0 spiro atoms. The van der Waals surface area contributed by atoms with Crippen molar-refractivity contribution in [3.05, 3.63) is 70.4 Å². The summed E-state index contributed by atoms with van der Waals surface area (Å²) >= 11 is 0. The molecule has 2 aliphatic rings. The van der Waals surface area contributed by atoms with Crippen LogP contribution in [0.1, 0.15) is 55.5 Å². The summed E-state index contributed by atoms with van der Waals surface area (Å²) in [6.07, 6.45) is 9.77. The summed E-state index contributed by atoms with van der Waals surface area (Å²) in [5.74, 6) is 2.13. The van der Waals surface area contributed by atoms with Crippen LogP contribution in [-0.2, 0) is 12.5 Å². The summed E-state index contributed by atoms with van der Waals surface area (Å²) in [6.45, 7) is 2.27. The van der Waals surface area contributed by atoms with Gasteiger partial charge < -0.3 is 9.55 Å². The fraction of sp³-hybridized carbons (Fsp3) is 0.391. The maximum atomic E-state index is 13.2. The van der Waals surface area contributed by atoms with Gasteiger partial charge in [-0.1, -0.05) is 19.1 Å². The minimum absolute atomic E-state index is 0.0567. The van der Waals surface area contributed by atoms with Crippen molar-refractivity contribution in [3.8, 4) is 5.69 Å². The van der Waals surface area contributed by atoms with E-state index in [2.05, 4.69) is 39.2 Å². The standard InChI is InChI=1S/C23H24N6O/c1-14-9-23(10-14,22-27-26-13-28(22)2)16-4-3-5-17(8-16)29-11-18(15-6-7-15)19-20(21(29)30)25-12-24-19/h3-5,8,11-15H,6-7,9-10H2,1-2H3,(H,24,25)/t14-,23+. The van der Waals surface area contributed by atoms with Gasteiger partial charge in [0.15, 0.2) is 0 Å². The lowest BCUT2D eigenvalue weighted by Crippen LogP contribution is -2.43. The van der Waals surface area contributed by atoms with Gasteiger partial charge in [0.2, 0.25) is 0 Å². The molecule has 1 aromatic carbocycles. The number of hydrogen-bond acceptors (Lipinski definition) is 4. The van der Waals surface area contributed by atoms with Crippen LogP contribution in [0.25, 0.3) is 16.7 Å². The third kappa shape index (κ3) is 2.44. The first-order valence-electron chi connectivity index (χ1n) is 10.6. The first-order chi connectivity index (χ1) is 14.6. The van der Waals surface area contributed by atoms with E-state index in [1.807, 2.05) is 29.9 Å². The van der Waals surface area contributed by atoms with Gasteiger partial charge in [-0.25, -0.2) is 4.98 Å². The van der Waals surface area contributed by atoms with Gasteiger partial charge in [0.1, 0.15) is 17.7 Å². The molecule has 0 atom stereocenters. The maximum Gasteiger partial charge on any atom is 0.281 e. The van der Waals surface area contributed by atoms with Crippen LogP contribution < -0.4 is 5.56 Å². The summed E-state index contributed by atoms with van der Waals surface area (Å²) in [4.78, 5) is 20.7. The SMILES string of the molecule is Cn1cnnc1[C@]1(c2cccc(-n3cc(C4CC4)c4nc[nH]c4c3=O)c2)C[C@H](C)C1. The predicted octanol–water partition coefficient (Wildman–Crippen LogP) is 3.44. The minimum Gasteiger partial charge on any atom is -0.340 e. The van der Waals surface area contributed by atoms with E-state index in [4.69, 9.17) is 0 Å². The second-order valence-corrected chi connectivity index (χ2v) is 9.07. The van der Waals surface area contributed by atoms with E-state index in [1.165, 1.54) is 5.56 Å². The third-order valence-electron chi connectivity index (χ3n) is 6.84. The van der Waals surface area contributed by atoms with Crippen molar-refractivity contribution < 1.29 is 0 Å². The predicted molar refractivity (Wildman–Crippen MR) is 114 cm³/mol. The number of fused-ring (bicyclic) bond motifs is 1. The Labute approximate surface area is 173 Å². The van der Waals surface area contributed by atoms with Crippen LogP contribution in [0.5, 0.6) is 0 Å². The maximum absolute atomic E-state index is 13.2. The number of hydrogen-bond donors (Lipinski definition) is 1. The molecule has 2 aliphatic carbocycles. The van der Waals surface area contributed by atoms with Crippen LogP contribution in [0.3, 0.4) is 0 Å². The molecule has 30 heavy (non-hydrogen) atoms. The van der Waals surface area contributed by atoms with Crippen LogP contribution in [0, 0.1) is 5.92 Å². The molecule has 152 valence electrons. The van der Waals surface area contributed by atoms with Crippen LogP contribution in [0.2, 0.25) is 0 Å². The van der Waals surface area contributed by atoms with Gasteiger partial charge in [-0.2, -0.15) is 0 Å². The Morgan fingerprint density at radius 3 is 2.77 bits per heavy atom. The van der Waals surface area contributed by atoms with Crippen LogP contribution in [0.15, 0.2) is 47.9 Å². The second kappa shape index (κ2) is 6.14. The molecular weight excluding hydrogens is 376 g/mol. The summed E-state index contributed by atoms with van der Waals surface area (Å²) in [6, 6.07) is 8.37.